The first kappa shape index (κ1) is 18.5. The third kappa shape index (κ3) is 5.69. The van der Waals surface area contributed by atoms with Gasteiger partial charge in [0.25, 0.3) is 0 Å². The van der Waals surface area contributed by atoms with Gasteiger partial charge in [-0.3, -0.25) is 0 Å². The van der Waals surface area contributed by atoms with Crippen molar-refractivity contribution in [2.45, 2.75) is 26.8 Å². The van der Waals surface area contributed by atoms with Gasteiger partial charge in [0, 0.05) is 24.0 Å². The summed E-state index contributed by atoms with van der Waals surface area (Å²) in [7, 11) is 1.76. The standard InChI is InChI=1S/C17H22ClN3O2S/c1-12-9-14(18)5-6-16(12)23-8-4-7-19-17(22)21(3)10-15-11-24-13(2)20-15/h5-6,9,11H,4,7-8,10H2,1-3H3,(H,19,22). The van der Waals surface area contributed by atoms with Crippen LogP contribution in [-0.4, -0.2) is 36.1 Å². The second-order valence-corrected chi connectivity index (χ2v) is 7.06. The number of thiazole rings is 1. The fourth-order valence-corrected chi connectivity index (χ4v) is 2.99. The van der Waals surface area contributed by atoms with E-state index in [1.165, 1.54) is 0 Å². The summed E-state index contributed by atoms with van der Waals surface area (Å²) in [4.78, 5) is 18.0. The Hall–Kier alpha value is -1.79. The fourth-order valence-electron chi connectivity index (χ4n) is 2.15. The fraction of sp³-hybridized carbons (Fsp3) is 0.412. The molecule has 2 rings (SSSR count). The highest BCUT2D eigenvalue weighted by atomic mass is 35.5. The van der Waals surface area contributed by atoms with Crippen LogP contribution >= 0.6 is 22.9 Å². The molecule has 0 aliphatic carbocycles. The lowest BCUT2D eigenvalue weighted by Gasteiger charge is -2.17. The average Bonchev–Trinajstić information content (AvgIpc) is 2.93. The van der Waals surface area contributed by atoms with E-state index in [2.05, 4.69) is 10.3 Å². The van der Waals surface area contributed by atoms with Gasteiger partial charge in [-0.1, -0.05) is 11.6 Å². The lowest BCUT2D eigenvalue weighted by Crippen LogP contribution is -2.37. The molecule has 0 radical (unpaired) electrons. The molecule has 0 saturated heterocycles. The van der Waals surface area contributed by atoms with E-state index in [1.807, 2.05) is 31.4 Å². The Morgan fingerprint density at radius 2 is 2.21 bits per heavy atom. The van der Waals surface area contributed by atoms with Crippen molar-refractivity contribution in [3.8, 4) is 5.75 Å². The minimum Gasteiger partial charge on any atom is -0.493 e. The van der Waals surface area contributed by atoms with Gasteiger partial charge in [-0.05, 0) is 44.0 Å². The molecule has 0 aliphatic heterocycles. The number of benzene rings is 1. The van der Waals surface area contributed by atoms with Gasteiger partial charge >= 0.3 is 6.03 Å². The van der Waals surface area contributed by atoms with Crippen molar-refractivity contribution in [1.29, 1.82) is 0 Å². The Balaban J connectivity index is 1.65. The highest BCUT2D eigenvalue weighted by molar-refractivity contribution is 7.09. The number of nitrogens with zero attached hydrogens (tertiary/aromatic N) is 2. The number of urea groups is 1. The minimum atomic E-state index is -0.108. The molecular formula is C17H22ClN3O2S. The number of ether oxygens (including phenoxy) is 1. The molecule has 1 aromatic heterocycles. The molecule has 0 fully saturated rings. The van der Waals surface area contributed by atoms with Gasteiger partial charge in [-0.15, -0.1) is 11.3 Å². The highest BCUT2D eigenvalue weighted by Crippen LogP contribution is 2.21. The molecule has 0 bridgehead atoms. The SMILES string of the molecule is Cc1nc(CN(C)C(=O)NCCCOc2ccc(Cl)cc2C)cs1. The van der Waals surface area contributed by atoms with E-state index in [4.69, 9.17) is 16.3 Å². The van der Waals surface area contributed by atoms with Crippen molar-refractivity contribution in [2.75, 3.05) is 20.2 Å². The van der Waals surface area contributed by atoms with E-state index in [0.717, 1.165) is 28.4 Å². The molecule has 1 heterocycles. The number of rotatable bonds is 7. The molecule has 0 aliphatic rings. The van der Waals surface area contributed by atoms with E-state index in [1.54, 1.807) is 29.4 Å². The molecule has 0 unspecified atom stereocenters. The van der Waals surface area contributed by atoms with E-state index >= 15 is 0 Å². The average molecular weight is 368 g/mol. The van der Waals surface area contributed by atoms with E-state index in [-0.39, 0.29) is 6.03 Å². The third-order valence-electron chi connectivity index (χ3n) is 3.40. The van der Waals surface area contributed by atoms with Crippen molar-refractivity contribution in [3.05, 3.63) is 44.9 Å². The number of aryl methyl sites for hydroxylation is 2. The Kier molecular flexibility index (Phi) is 6.87. The van der Waals surface area contributed by atoms with Gasteiger partial charge < -0.3 is 15.0 Å². The van der Waals surface area contributed by atoms with Crippen LogP contribution in [0.5, 0.6) is 5.75 Å². The Labute approximate surface area is 151 Å². The molecule has 0 atom stereocenters. The first-order valence-corrected chi connectivity index (χ1v) is 9.00. The summed E-state index contributed by atoms with van der Waals surface area (Å²) in [6.45, 7) is 5.52. The van der Waals surface area contributed by atoms with Crippen LogP contribution in [0.3, 0.4) is 0 Å². The lowest BCUT2D eigenvalue weighted by atomic mass is 10.2. The van der Waals surface area contributed by atoms with E-state index in [0.29, 0.717) is 24.7 Å². The molecule has 1 N–H and O–H groups in total. The number of hydrogen-bond donors (Lipinski definition) is 1. The second-order valence-electron chi connectivity index (χ2n) is 5.56. The summed E-state index contributed by atoms with van der Waals surface area (Å²) in [6.07, 6.45) is 0.734. The molecule has 2 aromatic rings. The van der Waals surface area contributed by atoms with Crippen molar-refractivity contribution < 1.29 is 9.53 Å². The van der Waals surface area contributed by atoms with Crippen LogP contribution in [-0.2, 0) is 6.54 Å². The molecule has 0 spiro atoms. The molecule has 24 heavy (non-hydrogen) atoms. The summed E-state index contributed by atoms with van der Waals surface area (Å²) in [5.74, 6) is 0.821. The zero-order valence-electron chi connectivity index (χ0n) is 14.1. The maximum atomic E-state index is 12.0. The van der Waals surface area contributed by atoms with Gasteiger partial charge in [-0.2, -0.15) is 0 Å². The largest absolute Gasteiger partial charge is 0.493 e. The van der Waals surface area contributed by atoms with Crippen LogP contribution < -0.4 is 10.1 Å². The lowest BCUT2D eigenvalue weighted by molar-refractivity contribution is 0.205. The van der Waals surface area contributed by atoms with Crippen LogP contribution in [0, 0.1) is 13.8 Å². The summed E-state index contributed by atoms with van der Waals surface area (Å²) in [5, 5.41) is 6.56. The summed E-state index contributed by atoms with van der Waals surface area (Å²) >= 11 is 7.50. The maximum absolute atomic E-state index is 12.0. The monoisotopic (exact) mass is 367 g/mol. The van der Waals surface area contributed by atoms with Gasteiger partial charge in [0.15, 0.2) is 0 Å². The van der Waals surface area contributed by atoms with Crippen LogP contribution in [0.15, 0.2) is 23.6 Å². The first-order valence-electron chi connectivity index (χ1n) is 7.74. The summed E-state index contributed by atoms with van der Waals surface area (Å²) < 4.78 is 5.70. The molecule has 130 valence electrons. The Morgan fingerprint density at radius 1 is 1.42 bits per heavy atom. The molecular weight excluding hydrogens is 346 g/mol. The molecule has 2 amide bonds. The predicted octanol–water partition coefficient (Wildman–Crippen LogP) is 4.02. The van der Waals surface area contributed by atoms with Crippen LogP contribution in [0.1, 0.15) is 22.7 Å². The molecule has 7 heteroatoms. The van der Waals surface area contributed by atoms with Crippen LogP contribution in [0.25, 0.3) is 0 Å². The zero-order chi connectivity index (χ0) is 17.5. The van der Waals surface area contributed by atoms with Crippen molar-refractivity contribution in [1.82, 2.24) is 15.2 Å². The third-order valence-corrected chi connectivity index (χ3v) is 4.46. The van der Waals surface area contributed by atoms with E-state index < -0.39 is 0 Å². The second kappa shape index (κ2) is 8.89. The predicted molar refractivity (Wildman–Crippen MR) is 98.0 cm³/mol. The van der Waals surface area contributed by atoms with Crippen LogP contribution in [0.2, 0.25) is 5.02 Å². The smallest absolute Gasteiger partial charge is 0.317 e. The number of carbonyl (C=O) groups is 1. The van der Waals surface area contributed by atoms with Crippen molar-refractivity contribution >= 4 is 29.0 Å². The van der Waals surface area contributed by atoms with Crippen molar-refractivity contribution in [3.63, 3.8) is 0 Å². The quantitative estimate of drug-likeness (QED) is 0.752. The number of amides is 2. The number of halogens is 1. The Bertz CT molecular complexity index is 690. The highest BCUT2D eigenvalue weighted by Gasteiger charge is 2.10. The molecule has 1 aromatic carbocycles. The zero-order valence-corrected chi connectivity index (χ0v) is 15.7. The number of hydrogen-bond acceptors (Lipinski definition) is 4. The summed E-state index contributed by atoms with van der Waals surface area (Å²) in [5.41, 5.74) is 1.92. The van der Waals surface area contributed by atoms with Crippen LogP contribution in [0.4, 0.5) is 4.79 Å². The number of nitrogens with one attached hydrogen (secondary N) is 1. The topological polar surface area (TPSA) is 54.5 Å². The maximum Gasteiger partial charge on any atom is 0.317 e. The first-order chi connectivity index (χ1) is 11.5. The number of aromatic nitrogens is 1. The van der Waals surface area contributed by atoms with E-state index in [9.17, 15) is 4.79 Å². The Morgan fingerprint density at radius 3 is 2.88 bits per heavy atom. The van der Waals surface area contributed by atoms with Gasteiger partial charge in [0.05, 0.1) is 23.9 Å². The van der Waals surface area contributed by atoms with Crippen molar-refractivity contribution in [2.24, 2.45) is 0 Å². The molecule has 0 saturated carbocycles. The normalized spacial score (nSPS) is 10.5. The van der Waals surface area contributed by atoms with Gasteiger partial charge in [0.2, 0.25) is 0 Å². The molecule has 5 nitrogen and oxygen atoms in total. The number of carbonyl (C=O) groups excluding carboxylic acids is 1. The summed E-state index contributed by atoms with van der Waals surface area (Å²) in [6, 6.07) is 5.43. The van der Waals surface area contributed by atoms with Gasteiger partial charge in [0.1, 0.15) is 5.75 Å². The minimum absolute atomic E-state index is 0.108. The van der Waals surface area contributed by atoms with Gasteiger partial charge in [-0.25, -0.2) is 9.78 Å².